The highest BCUT2D eigenvalue weighted by Crippen LogP contribution is 2.04. The van der Waals surface area contributed by atoms with Crippen LogP contribution in [0.25, 0.3) is 0 Å². The van der Waals surface area contributed by atoms with Crippen molar-refractivity contribution in [2.45, 2.75) is 52.6 Å². The molecule has 16 heavy (non-hydrogen) atoms. The molecule has 0 fully saturated rings. The molecule has 0 rings (SSSR count). The number of aliphatic hydroxyl groups is 1. The van der Waals surface area contributed by atoms with E-state index in [1.807, 2.05) is 6.92 Å². The fourth-order valence-corrected chi connectivity index (χ4v) is 1.52. The lowest BCUT2D eigenvalue weighted by molar-refractivity contribution is 0.160. The van der Waals surface area contributed by atoms with E-state index < -0.39 is 6.10 Å². The second kappa shape index (κ2) is 9.46. The van der Waals surface area contributed by atoms with Gasteiger partial charge in [-0.3, -0.25) is 0 Å². The quantitative estimate of drug-likeness (QED) is 0.596. The Hall–Kier alpha value is -0.770. The Morgan fingerprint density at radius 1 is 1.12 bits per heavy atom. The molecule has 96 valence electrons. The second-order valence-electron chi connectivity index (χ2n) is 4.22. The minimum atomic E-state index is -0.427. The molecule has 0 heterocycles. The summed E-state index contributed by atoms with van der Waals surface area (Å²) in [6.45, 7) is 7.30. The standard InChI is InChI=1S/C12H26N2O2/c1-4-7-11(15)9-14-12(16)13-8-10(5-2)6-3/h10-11,15H,4-9H2,1-3H3,(H2,13,14,16). The van der Waals surface area contributed by atoms with Gasteiger partial charge in [-0.05, 0) is 12.3 Å². The van der Waals surface area contributed by atoms with E-state index in [4.69, 9.17) is 0 Å². The maximum Gasteiger partial charge on any atom is 0.314 e. The van der Waals surface area contributed by atoms with Crippen molar-refractivity contribution in [3.63, 3.8) is 0 Å². The summed E-state index contributed by atoms with van der Waals surface area (Å²) in [5.41, 5.74) is 0. The highest BCUT2D eigenvalue weighted by molar-refractivity contribution is 5.73. The molecule has 0 spiro atoms. The molecule has 1 unspecified atom stereocenters. The Balaban J connectivity index is 3.58. The van der Waals surface area contributed by atoms with E-state index in [0.717, 1.165) is 25.7 Å². The highest BCUT2D eigenvalue weighted by atomic mass is 16.3. The normalized spacial score (nSPS) is 12.6. The Morgan fingerprint density at radius 3 is 2.19 bits per heavy atom. The molecule has 0 saturated heterocycles. The van der Waals surface area contributed by atoms with Crippen molar-refractivity contribution >= 4 is 6.03 Å². The SMILES string of the molecule is CCCC(O)CNC(=O)NCC(CC)CC. The summed E-state index contributed by atoms with van der Waals surface area (Å²) in [5.74, 6) is 0.548. The van der Waals surface area contributed by atoms with Crippen LogP contribution in [0.2, 0.25) is 0 Å². The lowest BCUT2D eigenvalue weighted by Gasteiger charge is -2.15. The van der Waals surface area contributed by atoms with Gasteiger partial charge in [0.1, 0.15) is 0 Å². The van der Waals surface area contributed by atoms with Gasteiger partial charge in [0, 0.05) is 13.1 Å². The van der Waals surface area contributed by atoms with Gasteiger partial charge in [0.05, 0.1) is 6.10 Å². The number of carbonyl (C=O) groups excluding carboxylic acids is 1. The number of rotatable bonds is 8. The smallest absolute Gasteiger partial charge is 0.314 e. The van der Waals surface area contributed by atoms with Gasteiger partial charge in [0.2, 0.25) is 0 Å². The second-order valence-corrected chi connectivity index (χ2v) is 4.22. The van der Waals surface area contributed by atoms with Crippen LogP contribution in [0.1, 0.15) is 46.5 Å². The molecule has 0 bridgehead atoms. The molecule has 0 aliphatic heterocycles. The van der Waals surface area contributed by atoms with Gasteiger partial charge in [-0.25, -0.2) is 4.79 Å². The first-order valence-corrected chi connectivity index (χ1v) is 6.33. The Labute approximate surface area is 98.8 Å². The maximum atomic E-state index is 11.4. The fourth-order valence-electron chi connectivity index (χ4n) is 1.52. The molecule has 0 aliphatic rings. The number of hydrogen-bond donors (Lipinski definition) is 3. The van der Waals surface area contributed by atoms with E-state index in [-0.39, 0.29) is 6.03 Å². The van der Waals surface area contributed by atoms with E-state index in [0.29, 0.717) is 19.0 Å². The molecule has 4 heteroatoms. The van der Waals surface area contributed by atoms with Crippen LogP contribution in [0.4, 0.5) is 4.79 Å². The van der Waals surface area contributed by atoms with Gasteiger partial charge in [0.15, 0.2) is 0 Å². The average molecular weight is 230 g/mol. The predicted octanol–water partition coefficient (Wildman–Crippen LogP) is 1.88. The first-order chi connectivity index (χ1) is 7.63. The van der Waals surface area contributed by atoms with Gasteiger partial charge in [0.25, 0.3) is 0 Å². The van der Waals surface area contributed by atoms with Crippen LogP contribution in [-0.4, -0.2) is 30.3 Å². The van der Waals surface area contributed by atoms with Crippen molar-refractivity contribution in [3.8, 4) is 0 Å². The zero-order valence-electron chi connectivity index (χ0n) is 10.8. The number of amides is 2. The predicted molar refractivity (Wildman–Crippen MR) is 66.4 cm³/mol. The summed E-state index contributed by atoms with van der Waals surface area (Å²) >= 11 is 0. The Morgan fingerprint density at radius 2 is 1.69 bits per heavy atom. The van der Waals surface area contributed by atoms with Gasteiger partial charge >= 0.3 is 6.03 Å². The van der Waals surface area contributed by atoms with Crippen molar-refractivity contribution < 1.29 is 9.90 Å². The van der Waals surface area contributed by atoms with Crippen LogP contribution in [0.5, 0.6) is 0 Å². The van der Waals surface area contributed by atoms with Crippen LogP contribution in [0.15, 0.2) is 0 Å². The molecule has 2 amide bonds. The van der Waals surface area contributed by atoms with Crippen LogP contribution in [0, 0.1) is 5.92 Å². The van der Waals surface area contributed by atoms with E-state index in [2.05, 4.69) is 24.5 Å². The first-order valence-electron chi connectivity index (χ1n) is 6.33. The molecule has 1 atom stereocenters. The van der Waals surface area contributed by atoms with Crippen LogP contribution in [0.3, 0.4) is 0 Å². The number of urea groups is 1. The number of aliphatic hydroxyl groups excluding tert-OH is 1. The van der Waals surface area contributed by atoms with Gasteiger partial charge < -0.3 is 15.7 Å². The van der Waals surface area contributed by atoms with Crippen molar-refractivity contribution in [2.24, 2.45) is 5.92 Å². The van der Waals surface area contributed by atoms with E-state index in [1.165, 1.54) is 0 Å². The van der Waals surface area contributed by atoms with E-state index >= 15 is 0 Å². The molecular formula is C12H26N2O2. The number of hydrogen-bond acceptors (Lipinski definition) is 2. The monoisotopic (exact) mass is 230 g/mol. The average Bonchev–Trinajstić information content (AvgIpc) is 2.28. The Bertz CT molecular complexity index is 182. The summed E-state index contributed by atoms with van der Waals surface area (Å²) in [7, 11) is 0. The molecule has 0 aromatic heterocycles. The first kappa shape index (κ1) is 15.2. The third-order valence-corrected chi connectivity index (χ3v) is 2.83. The molecular weight excluding hydrogens is 204 g/mol. The number of nitrogens with one attached hydrogen (secondary N) is 2. The zero-order valence-corrected chi connectivity index (χ0v) is 10.8. The van der Waals surface area contributed by atoms with Crippen LogP contribution in [-0.2, 0) is 0 Å². The lowest BCUT2D eigenvalue weighted by Crippen LogP contribution is -2.41. The summed E-state index contributed by atoms with van der Waals surface area (Å²) in [6.07, 6.45) is 3.39. The molecule has 0 aromatic rings. The molecule has 0 saturated carbocycles. The van der Waals surface area contributed by atoms with Gasteiger partial charge in [-0.2, -0.15) is 0 Å². The lowest BCUT2D eigenvalue weighted by atomic mass is 10.0. The molecule has 3 N–H and O–H groups in total. The summed E-state index contributed by atoms with van der Waals surface area (Å²) in [5, 5.41) is 14.9. The highest BCUT2D eigenvalue weighted by Gasteiger charge is 2.07. The summed E-state index contributed by atoms with van der Waals surface area (Å²) in [6, 6.07) is -0.179. The molecule has 0 aromatic carbocycles. The third kappa shape index (κ3) is 7.51. The molecule has 0 aliphatic carbocycles. The van der Waals surface area contributed by atoms with Crippen molar-refractivity contribution in [1.29, 1.82) is 0 Å². The van der Waals surface area contributed by atoms with E-state index in [1.54, 1.807) is 0 Å². The van der Waals surface area contributed by atoms with Crippen molar-refractivity contribution in [1.82, 2.24) is 10.6 Å². The number of carbonyl (C=O) groups is 1. The Kier molecular flexibility index (Phi) is 9.00. The minimum absolute atomic E-state index is 0.179. The molecule has 0 radical (unpaired) electrons. The van der Waals surface area contributed by atoms with Gasteiger partial charge in [-0.1, -0.05) is 40.0 Å². The molecule has 4 nitrogen and oxygen atoms in total. The fraction of sp³-hybridized carbons (Fsp3) is 0.917. The minimum Gasteiger partial charge on any atom is -0.391 e. The summed E-state index contributed by atoms with van der Waals surface area (Å²) in [4.78, 5) is 11.4. The van der Waals surface area contributed by atoms with Gasteiger partial charge in [-0.15, -0.1) is 0 Å². The van der Waals surface area contributed by atoms with Crippen molar-refractivity contribution in [2.75, 3.05) is 13.1 Å². The maximum absolute atomic E-state index is 11.4. The third-order valence-electron chi connectivity index (χ3n) is 2.83. The zero-order chi connectivity index (χ0) is 12.4. The summed E-state index contributed by atoms with van der Waals surface area (Å²) < 4.78 is 0. The largest absolute Gasteiger partial charge is 0.391 e. The van der Waals surface area contributed by atoms with Crippen LogP contribution < -0.4 is 10.6 Å². The van der Waals surface area contributed by atoms with Crippen molar-refractivity contribution in [3.05, 3.63) is 0 Å². The van der Waals surface area contributed by atoms with Crippen LogP contribution >= 0.6 is 0 Å². The topological polar surface area (TPSA) is 61.4 Å². The van der Waals surface area contributed by atoms with E-state index in [9.17, 15) is 9.90 Å².